The monoisotopic (exact) mass is 594 g/mol. The van der Waals surface area contributed by atoms with Crippen LogP contribution in [0.25, 0.3) is 22.2 Å². The predicted octanol–water partition coefficient (Wildman–Crippen LogP) is 5.55. The standard InChI is InChI=1S/C30H35ClN6O3S/c1-20-17-21(25-19-23(40-4)9-12-26(25)31)18-27-29(20)33-30(35-34-27)32-22-7-10-24(11-8-22)41(38,39)28(36(2)3)13-16-37-14-5-6-15-37/h7-12,17-19,28H,5-6,13-16H2,1-4H3,(H,32,33,35). The summed E-state index contributed by atoms with van der Waals surface area (Å²) in [6, 6.07) is 16.1. The second-order valence-corrected chi connectivity index (χ2v) is 13.1. The molecule has 1 atom stereocenters. The Bertz CT molecular complexity index is 1640. The third-order valence-electron chi connectivity index (χ3n) is 7.50. The Morgan fingerprint density at radius 1 is 1.05 bits per heavy atom. The second kappa shape index (κ2) is 12.3. The number of methoxy groups -OCH3 is 1. The van der Waals surface area contributed by atoms with Crippen LogP contribution in [0.3, 0.4) is 0 Å². The number of fused-ring (bicyclic) bond motifs is 1. The van der Waals surface area contributed by atoms with Crippen LogP contribution in [0.1, 0.15) is 24.8 Å². The number of aromatic nitrogens is 3. The van der Waals surface area contributed by atoms with E-state index in [1.165, 1.54) is 12.8 Å². The van der Waals surface area contributed by atoms with E-state index in [1.54, 1.807) is 42.3 Å². The minimum Gasteiger partial charge on any atom is -0.497 e. The highest BCUT2D eigenvalue weighted by atomic mass is 35.5. The summed E-state index contributed by atoms with van der Waals surface area (Å²) in [6.07, 6.45) is 2.93. The van der Waals surface area contributed by atoms with Crippen LogP contribution in [0.15, 0.2) is 59.5 Å². The lowest BCUT2D eigenvalue weighted by atomic mass is 10.0. The molecule has 1 aromatic heterocycles. The van der Waals surface area contributed by atoms with Gasteiger partial charge in [0.1, 0.15) is 16.6 Å². The summed E-state index contributed by atoms with van der Waals surface area (Å²) in [6.45, 7) is 4.83. The van der Waals surface area contributed by atoms with E-state index in [4.69, 9.17) is 16.3 Å². The van der Waals surface area contributed by atoms with Gasteiger partial charge in [-0.3, -0.25) is 4.90 Å². The lowest BCUT2D eigenvalue weighted by Gasteiger charge is -2.26. The Morgan fingerprint density at radius 2 is 1.78 bits per heavy atom. The van der Waals surface area contributed by atoms with Crippen molar-refractivity contribution in [1.82, 2.24) is 25.0 Å². The van der Waals surface area contributed by atoms with Gasteiger partial charge in [-0.1, -0.05) is 11.6 Å². The lowest BCUT2D eigenvalue weighted by molar-refractivity contribution is 0.281. The topological polar surface area (TPSA) is 101 Å². The highest BCUT2D eigenvalue weighted by Gasteiger charge is 2.30. The number of nitrogens with one attached hydrogen (secondary N) is 1. The largest absolute Gasteiger partial charge is 0.497 e. The minimum absolute atomic E-state index is 0.292. The average molecular weight is 595 g/mol. The second-order valence-electron chi connectivity index (χ2n) is 10.6. The van der Waals surface area contributed by atoms with Crippen molar-refractivity contribution in [1.29, 1.82) is 0 Å². The van der Waals surface area contributed by atoms with Crippen molar-refractivity contribution in [2.24, 2.45) is 0 Å². The molecule has 1 unspecified atom stereocenters. The molecule has 0 amide bonds. The van der Waals surface area contributed by atoms with Crippen LogP contribution in [0.5, 0.6) is 5.75 Å². The zero-order valence-electron chi connectivity index (χ0n) is 23.8. The van der Waals surface area contributed by atoms with Gasteiger partial charge >= 0.3 is 0 Å². The summed E-state index contributed by atoms with van der Waals surface area (Å²) in [5.74, 6) is 1.03. The summed E-state index contributed by atoms with van der Waals surface area (Å²) >= 11 is 6.46. The van der Waals surface area contributed by atoms with Crippen LogP contribution < -0.4 is 10.1 Å². The Morgan fingerprint density at radius 3 is 2.46 bits per heavy atom. The predicted molar refractivity (Wildman–Crippen MR) is 164 cm³/mol. The number of likely N-dealkylation sites (tertiary alicyclic amines) is 1. The number of hydrogen-bond donors (Lipinski definition) is 1. The van der Waals surface area contributed by atoms with Gasteiger partial charge in [-0.2, -0.15) is 0 Å². The zero-order valence-corrected chi connectivity index (χ0v) is 25.3. The summed E-state index contributed by atoms with van der Waals surface area (Å²) in [5.41, 5.74) is 4.65. The number of nitrogens with zero attached hydrogens (tertiary/aromatic N) is 5. The molecule has 1 N–H and O–H groups in total. The number of aryl methyl sites for hydroxylation is 1. The molecule has 9 nitrogen and oxygen atoms in total. The lowest BCUT2D eigenvalue weighted by Crippen LogP contribution is -2.38. The molecule has 1 aliphatic heterocycles. The first-order valence-corrected chi connectivity index (χ1v) is 15.6. The van der Waals surface area contributed by atoms with Crippen LogP contribution in [0, 0.1) is 6.92 Å². The smallest absolute Gasteiger partial charge is 0.247 e. The third-order valence-corrected chi connectivity index (χ3v) is 10.1. The van der Waals surface area contributed by atoms with Gasteiger partial charge in [0.25, 0.3) is 0 Å². The molecule has 4 aromatic rings. The average Bonchev–Trinajstić information content (AvgIpc) is 3.47. The number of halogens is 1. The number of ether oxygens (including phenoxy) is 1. The zero-order chi connectivity index (χ0) is 29.1. The van der Waals surface area contributed by atoms with Gasteiger partial charge in [-0.15, -0.1) is 10.2 Å². The van der Waals surface area contributed by atoms with E-state index < -0.39 is 15.2 Å². The van der Waals surface area contributed by atoms with Crippen LogP contribution in [0.2, 0.25) is 5.02 Å². The molecule has 11 heteroatoms. The maximum atomic E-state index is 13.5. The summed E-state index contributed by atoms with van der Waals surface area (Å²) < 4.78 is 32.3. The van der Waals surface area contributed by atoms with Gasteiger partial charge in [0, 0.05) is 22.8 Å². The van der Waals surface area contributed by atoms with Crippen molar-refractivity contribution in [2.75, 3.05) is 46.2 Å². The van der Waals surface area contributed by atoms with E-state index in [2.05, 4.69) is 25.4 Å². The maximum absolute atomic E-state index is 13.5. The van der Waals surface area contributed by atoms with Gasteiger partial charge < -0.3 is 15.0 Å². The number of benzene rings is 3. The fraction of sp³-hybridized carbons (Fsp3) is 0.367. The van der Waals surface area contributed by atoms with Crippen molar-refractivity contribution in [2.45, 2.75) is 36.5 Å². The highest BCUT2D eigenvalue weighted by molar-refractivity contribution is 7.92. The Balaban J connectivity index is 1.33. The highest BCUT2D eigenvalue weighted by Crippen LogP contribution is 2.34. The molecule has 1 fully saturated rings. The molecular formula is C30H35ClN6O3S. The minimum atomic E-state index is -3.54. The van der Waals surface area contributed by atoms with E-state index in [-0.39, 0.29) is 0 Å². The van der Waals surface area contributed by atoms with E-state index in [9.17, 15) is 8.42 Å². The van der Waals surface area contributed by atoms with Gasteiger partial charge in [-0.25, -0.2) is 13.4 Å². The Kier molecular flexibility index (Phi) is 8.74. The number of rotatable bonds is 10. The van der Waals surface area contributed by atoms with Gasteiger partial charge in [0.15, 0.2) is 9.84 Å². The SMILES string of the molecule is COc1ccc(Cl)c(-c2cc(C)c3nc(Nc4ccc(S(=O)(=O)C(CCN5CCCC5)N(C)C)cc4)nnc3c2)c1. The fourth-order valence-corrected chi connectivity index (χ4v) is 7.30. The van der Waals surface area contributed by atoms with Gasteiger partial charge in [0.05, 0.1) is 17.5 Å². The summed E-state index contributed by atoms with van der Waals surface area (Å²) in [5, 5.41) is 11.8. The van der Waals surface area contributed by atoms with E-state index in [0.29, 0.717) is 44.8 Å². The molecule has 1 saturated heterocycles. The molecule has 216 valence electrons. The van der Waals surface area contributed by atoms with Crippen molar-refractivity contribution < 1.29 is 13.2 Å². The van der Waals surface area contributed by atoms with Crippen molar-refractivity contribution in [3.8, 4) is 16.9 Å². The van der Waals surface area contributed by atoms with Crippen LogP contribution in [-0.4, -0.2) is 79.6 Å². The van der Waals surface area contributed by atoms with E-state index in [0.717, 1.165) is 36.3 Å². The van der Waals surface area contributed by atoms with E-state index in [1.807, 2.05) is 45.3 Å². The molecule has 0 spiro atoms. The van der Waals surface area contributed by atoms with Crippen molar-refractivity contribution in [3.05, 3.63) is 65.2 Å². The molecular weight excluding hydrogens is 560 g/mol. The van der Waals surface area contributed by atoms with Crippen molar-refractivity contribution >= 4 is 44.1 Å². The molecule has 3 aromatic carbocycles. The van der Waals surface area contributed by atoms with Gasteiger partial charge in [0.2, 0.25) is 5.95 Å². The fourth-order valence-electron chi connectivity index (χ4n) is 5.28. The molecule has 0 saturated carbocycles. The molecule has 1 aliphatic rings. The van der Waals surface area contributed by atoms with Crippen LogP contribution in [0.4, 0.5) is 11.6 Å². The molecule has 5 rings (SSSR count). The number of hydrogen-bond acceptors (Lipinski definition) is 9. The number of sulfone groups is 1. The molecule has 41 heavy (non-hydrogen) atoms. The molecule has 2 heterocycles. The first-order valence-electron chi connectivity index (χ1n) is 13.6. The van der Waals surface area contributed by atoms with E-state index >= 15 is 0 Å². The Labute approximate surface area is 246 Å². The van der Waals surface area contributed by atoms with Crippen LogP contribution in [-0.2, 0) is 9.84 Å². The third kappa shape index (κ3) is 6.46. The van der Waals surface area contributed by atoms with Crippen molar-refractivity contribution in [3.63, 3.8) is 0 Å². The normalized spacial score (nSPS) is 15.0. The number of anilines is 2. The first-order chi connectivity index (χ1) is 19.7. The summed E-state index contributed by atoms with van der Waals surface area (Å²) in [7, 11) is 1.72. The first kappa shape index (κ1) is 29.2. The van der Waals surface area contributed by atoms with Crippen LogP contribution >= 0.6 is 11.6 Å². The quantitative estimate of drug-likeness (QED) is 0.253. The molecule has 0 aliphatic carbocycles. The molecule has 0 bridgehead atoms. The summed E-state index contributed by atoms with van der Waals surface area (Å²) in [4.78, 5) is 9.10. The Hall–Kier alpha value is -3.31. The maximum Gasteiger partial charge on any atom is 0.247 e. The molecule has 0 radical (unpaired) electrons. The van der Waals surface area contributed by atoms with Gasteiger partial charge in [-0.05, 0) is 119 Å².